The lowest BCUT2D eigenvalue weighted by molar-refractivity contribution is 0.186. The molecule has 0 radical (unpaired) electrons. The van der Waals surface area contributed by atoms with Gasteiger partial charge in [0, 0.05) is 30.7 Å². The molecule has 0 amide bonds. The summed E-state index contributed by atoms with van der Waals surface area (Å²) in [6.45, 7) is 2.73. The summed E-state index contributed by atoms with van der Waals surface area (Å²) in [6, 6.07) is 9.01. The fourth-order valence-electron chi connectivity index (χ4n) is 2.62. The fraction of sp³-hybridized carbons (Fsp3) is 0.357. The van der Waals surface area contributed by atoms with E-state index >= 15 is 0 Å². The number of aromatic nitrogens is 1. The van der Waals surface area contributed by atoms with Gasteiger partial charge in [0.2, 0.25) is 0 Å². The molecule has 4 heteroatoms. The average Bonchev–Trinajstić information content (AvgIpc) is 2.93. The molecular weight excluding hydrogens is 242 g/mol. The third kappa shape index (κ3) is 2.19. The van der Waals surface area contributed by atoms with Crippen molar-refractivity contribution in [3.63, 3.8) is 0 Å². The molecule has 1 aliphatic heterocycles. The lowest BCUT2D eigenvalue weighted by Crippen LogP contribution is -2.37. The highest BCUT2D eigenvalue weighted by Crippen LogP contribution is 2.28. The van der Waals surface area contributed by atoms with Gasteiger partial charge < -0.3 is 5.73 Å². The molecule has 2 N–H and O–H groups in total. The van der Waals surface area contributed by atoms with Crippen LogP contribution in [0.2, 0.25) is 0 Å². The van der Waals surface area contributed by atoms with Crippen molar-refractivity contribution in [2.75, 3.05) is 13.1 Å². The quantitative estimate of drug-likeness (QED) is 0.919. The Kier molecular flexibility index (Phi) is 3.41. The second-order valence-corrected chi connectivity index (χ2v) is 5.56. The van der Waals surface area contributed by atoms with Crippen LogP contribution in [0.15, 0.2) is 36.0 Å². The van der Waals surface area contributed by atoms with Crippen molar-refractivity contribution < 1.29 is 0 Å². The van der Waals surface area contributed by atoms with E-state index in [-0.39, 0.29) is 0 Å². The molecule has 1 unspecified atom stereocenters. The molecular formula is C14H17N3S. The van der Waals surface area contributed by atoms with Gasteiger partial charge in [-0.05, 0) is 17.5 Å². The van der Waals surface area contributed by atoms with E-state index in [9.17, 15) is 0 Å². The van der Waals surface area contributed by atoms with E-state index in [0.29, 0.717) is 12.6 Å². The van der Waals surface area contributed by atoms with Crippen molar-refractivity contribution in [1.82, 2.24) is 9.88 Å². The molecule has 18 heavy (non-hydrogen) atoms. The number of fused-ring (bicyclic) bond motifs is 1. The molecule has 2 aromatic rings. The van der Waals surface area contributed by atoms with E-state index in [4.69, 9.17) is 5.73 Å². The third-order valence-corrected chi connectivity index (χ3v) is 4.48. The lowest BCUT2D eigenvalue weighted by Gasteiger charge is -2.34. The molecule has 0 aliphatic carbocycles. The number of nitrogens with two attached hydrogens (primary N) is 1. The van der Waals surface area contributed by atoms with E-state index in [2.05, 4.69) is 34.1 Å². The number of nitrogens with zero attached hydrogens (tertiary/aromatic N) is 2. The van der Waals surface area contributed by atoms with Gasteiger partial charge in [-0.15, -0.1) is 11.3 Å². The Hall–Kier alpha value is -1.23. The summed E-state index contributed by atoms with van der Waals surface area (Å²) in [5.41, 5.74) is 10.8. The van der Waals surface area contributed by atoms with Crippen LogP contribution in [0.25, 0.3) is 0 Å². The second kappa shape index (κ2) is 5.18. The van der Waals surface area contributed by atoms with Crippen LogP contribution in [0.4, 0.5) is 0 Å². The lowest BCUT2D eigenvalue weighted by atomic mass is 9.98. The first kappa shape index (κ1) is 11.8. The van der Waals surface area contributed by atoms with Gasteiger partial charge in [0.15, 0.2) is 0 Å². The SMILES string of the molecule is NCC(c1cncs1)N1CCc2ccccc2C1. The maximum atomic E-state index is 5.95. The Morgan fingerprint density at radius 2 is 2.17 bits per heavy atom. The van der Waals surface area contributed by atoms with Crippen LogP contribution in [0.1, 0.15) is 22.0 Å². The average molecular weight is 259 g/mol. The van der Waals surface area contributed by atoms with Crippen molar-refractivity contribution in [3.8, 4) is 0 Å². The number of benzene rings is 1. The van der Waals surface area contributed by atoms with E-state index in [1.54, 1.807) is 11.3 Å². The molecule has 1 aromatic carbocycles. The van der Waals surface area contributed by atoms with Gasteiger partial charge in [-0.3, -0.25) is 9.88 Å². The first-order valence-electron chi connectivity index (χ1n) is 6.28. The minimum atomic E-state index is 0.311. The number of hydrogen-bond donors (Lipinski definition) is 1. The van der Waals surface area contributed by atoms with Gasteiger partial charge >= 0.3 is 0 Å². The Bertz CT molecular complexity index is 510. The van der Waals surface area contributed by atoms with Crippen LogP contribution in [-0.2, 0) is 13.0 Å². The van der Waals surface area contributed by atoms with Crippen molar-refractivity contribution in [2.24, 2.45) is 5.73 Å². The smallest absolute Gasteiger partial charge is 0.0794 e. The Morgan fingerprint density at radius 1 is 1.33 bits per heavy atom. The second-order valence-electron chi connectivity index (χ2n) is 4.64. The van der Waals surface area contributed by atoms with Crippen LogP contribution < -0.4 is 5.73 Å². The summed E-state index contributed by atoms with van der Waals surface area (Å²) in [4.78, 5) is 7.91. The van der Waals surface area contributed by atoms with Gasteiger partial charge in [-0.1, -0.05) is 24.3 Å². The van der Waals surface area contributed by atoms with Crippen LogP contribution in [0.3, 0.4) is 0 Å². The van der Waals surface area contributed by atoms with Crippen molar-refractivity contribution in [3.05, 3.63) is 52.0 Å². The van der Waals surface area contributed by atoms with Crippen LogP contribution in [0.5, 0.6) is 0 Å². The highest BCUT2D eigenvalue weighted by Gasteiger charge is 2.24. The normalized spacial score (nSPS) is 17.4. The van der Waals surface area contributed by atoms with Crippen molar-refractivity contribution in [1.29, 1.82) is 0 Å². The minimum absolute atomic E-state index is 0.311. The molecule has 3 rings (SSSR count). The molecule has 0 saturated heterocycles. The zero-order chi connectivity index (χ0) is 12.4. The monoisotopic (exact) mass is 259 g/mol. The van der Waals surface area contributed by atoms with Crippen molar-refractivity contribution >= 4 is 11.3 Å². The summed E-state index contributed by atoms with van der Waals surface area (Å²) in [5.74, 6) is 0. The summed E-state index contributed by atoms with van der Waals surface area (Å²) < 4.78 is 0. The summed E-state index contributed by atoms with van der Waals surface area (Å²) >= 11 is 1.70. The zero-order valence-electron chi connectivity index (χ0n) is 10.2. The predicted molar refractivity (Wildman–Crippen MR) is 74.5 cm³/mol. The number of hydrogen-bond acceptors (Lipinski definition) is 4. The van der Waals surface area contributed by atoms with Gasteiger partial charge in [0.05, 0.1) is 11.6 Å². The van der Waals surface area contributed by atoms with Crippen LogP contribution in [-0.4, -0.2) is 23.0 Å². The Labute approximate surface area is 111 Å². The van der Waals surface area contributed by atoms with Gasteiger partial charge in [-0.2, -0.15) is 0 Å². The highest BCUT2D eigenvalue weighted by molar-refractivity contribution is 7.09. The zero-order valence-corrected chi connectivity index (χ0v) is 11.1. The number of rotatable bonds is 3. The van der Waals surface area contributed by atoms with Gasteiger partial charge in [-0.25, -0.2) is 0 Å². The molecule has 1 aromatic heterocycles. The predicted octanol–water partition coefficient (Wildman–Crippen LogP) is 2.20. The minimum Gasteiger partial charge on any atom is -0.329 e. The summed E-state index contributed by atoms with van der Waals surface area (Å²) in [7, 11) is 0. The Balaban J connectivity index is 1.82. The van der Waals surface area contributed by atoms with E-state index in [1.807, 2.05) is 11.7 Å². The first-order chi connectivity index (χ1) is 8.88. The molecule has 94 valence electrons. The molecule has 2 heterocycles. The standard InChI is InChI=1S/C14H17N3S/c15-7-13(14-8-16-10-18-14)17-6-5-11-3-1-2-4-12(11)9-17/h1-4,8,10,13H,5-7,9,15H2. The summed E-state index contributed by atoms with van der Waals surface area (Å²) in [5, 5.41) is 0. The topological polar surface area (TPSA) is 42.1 Å². The van der Waals surface area contributed by atoms with E-state index in [1.165, 1.54) is 16.0 Å². The summed E-state index contributed by atoms with van der Waals surface area (Å²) in [6.07, 6.45) is 3.06. The largest absolute Gasteiger partial charge is 0.329 e. The highest BCUT2D eigenvalue weighted by atomic mass is 32.1. The molecule has 0 bridgehead atoms. The van der Waals surface area contributed by atoms with Crippen molar-refractivity contribution in [2.45, 2.75) is 19.0 Å². The van der Waals surface area contributed by atoms with E-state index in [0.717, 1.165) is 19.5 Å². The molecule has 3 nitrogen and oxygen atoms in total. The fourth-order valence-corrected chi connectivity index (χ4v) is 3.39. The maximum Gasteiger partial charge on any atom is 0.0794 e. The molecule has 1 atom stereocenters. The third-order valence-electron chi connectivity index (χ3n) is 3.60. The number of thiazole rings is 1. The van der Waals surface area contributed by atoms with Gasteiger partial charge in [0.25, 0.3) is 0 Å². The maximum absolute atomic E-state index is 5.95. The first-order valence-corrected chi connectivity index (χ1v) is 7.15. The van der Waals surface area contributed by atoms with Gasteiger partial charge in [0.1, 0.15) is 0 Å². The molecule has 0 spiro atoms. The van der Waals surface area contributed by atoms with E-state index < -0.39 is 0 Å². The Morgan fingerprint density at radius 3 is 2.89 bits per heavy atom. The molecule has 0 fully saturated rings. The molecule has 0 saturated carbocycles. The molecule has 1 aliphatic rings. The van der Waals surface area contributed by atoms with Crippen LogP contribution >= 0.6 is 11.3 Å². The van der Waals surface area contributed by atoms with Crippen LogP contribution in [0, 0.1) is 0 Å².